The van der Waals surface area contributed by atoms with Crippen molar-refractivity contribution in [3.8, 4) is 5.88 Å². The molecule has 234 valence electrons. The second kappa shape index (κ2) is 11.7. The van der Waals surface area contributed by atoms with E-state index in [-0.39, 0.29) is 24.3 Å². The molecule has 3 aliphatic rings. The van der Waals surface area contributed by atoms with Crippen LogP contribution in [0.1, 0.15) is 83.6 Å². The summed E-state index contributed by atoms with van der Waals surface area (Å²) >= 11 is 0. The molecule has 1 spiro atoms. The lowest BCUT2D eigenvalue weighted by atomic mass is 9.92. The SMILES string of the molecule is CCCCC(OP(=O)(NC1CCC1)O[C@@H]1CC12O[C@@H](n1cnc3c(OCC)nc(N)nc31)[C@](C)(N)[C@@H]2O)c1ccccc1. The lowest BCUT2D eigenvalue weighted by Gasteiger charge is -2.33. The van der Waals surface area contributed by atoms with E-state index >= 15 is 0 Å². The normalized spacial score (nSPS) is 30.8. The van der Waals surface area contributed by atoms with Crippen molar-refractivity contribution >= 4 is 24.9 Å². The van der Waals surface area contributed by atoms with Crippen molar-refractivity contribution in [1.82, 2.24) is 24.6 Å². The summed E-state index contributed by atoms with van der Waals surface area (Å²) in [5.74, 6) is 0.257. The van der Waals surface area contributed by atoms with Crippen LogP contribution in [0.4, 0.5) is 5.95 Å². The van der Waals surface area contributed by atoms with Gasteiger partial charge >= 0.3 is 7.75 Å². The monoisotopic (exact) mass is 615 g/mol. The first-order chi connectivity index (χ1) is 20.6. The first kappa shape index (κ1) is 30.4. The molecule has 2 aliphatic carbocycles. The summed E-state index contributed by atoms with van der Waals surface area (Å²) in [6, 6.07) is 9.82. The third-order valence-corrected chi connectivity index (χ3v) is 10.5. The zero-order valence-corrected chi connectivity index (χ0v) is 25.8. The molecule has 3 unspecified atom stereocenters. The van der Waals surface area contributed by atoms with Gasteiger partial charge in [0, 0.05) is 12.5 Å². The minimum Gasteiger partial charge on any atom is -0.476 e. The number of nitrogens with two attached hydrogens (primary N) is 2. The Bertz CT molecular complexity index is 1480. The Hall–Kier alpha value is -2.64. The van der Waals surface area contributed by atoms with E-state index in [1.165, 1.54) is 6.33 Å². The molecule has 2 saturated carbocycles. The topological polar surface area (TPSA) is 182 Å². The molecular weight excluding hydrogens is 573 g/mol. The van der Waals surface area contributed by atoms with Crippen LogP contribution in [0.25, 0.3) is 11.2 Å². The van der Waals surface area contributed by atoms with Crippen LogP contribution in [0.15, 0.2) is 36.7 Å². The molecule has 1 aliphatic heterocycles. The summed E-state index contributed by atoms with van der Waals surface area (Å²) in [5, 5.41) is 14.8. The molecule has 6 N–H and O–H groups in total. The number of rotatable bonds is 13. The van der Waals surface area contributed by atoms with Crippen molar-refractivity contribution in [2.45, 2.75) is 107 Å². The van der Waals surface area contributed by atoms with Gasteiger partial charge in [-0.25, -0.2) is 14.6 Å². The van der Waals surface area contributed by atoms with Crippen molar-refractivity contribution in [1.29, 1.82) is 0 Å². The highest BCUT2D eigenvalue weighted by molar-refractivity contribution is 7.51. The molecule has 1 aromatic carbocycles. The number of nitrogens with one attached hydrogen (secondary N) is 1. The van der Waals surface area contributed by atoms with Gasteiger partial charge in [-0.3, -0.25) is 13.6 Å². The zero-order valence-electron chi connectivity index (χ0n) is 24.9. The Kier molecular flexibility index (Phi) is 8.27. The summed E-state index contributed by atoms with van der Waals surface area (Å²) in [7, 11) is -3.84. The molecule has 0 radical (unpaired) electrons. The molecule has 1 saturated heterocycles. The van der Waals surface area contributed by atoms with E-state index in [1.54, 1.807) is 11.5 Å². The summed E-state index contributed by atoms with van der Waals surface area (Å²) in [4.78, 5) is 12.9. The van der Waals surface area contributed by atoms with E-state index in [2.05, 4.69) is 27.0 Å². The molecule has 43 heavy (non-hydrogen) atoms. The number of imidazole rings is 1. The highest BCUT2D eigenvalue weighted by atomic mass is 31.2. The number of hydrogen-bond donors (Lipinski definition) is 4. The maximum atomic E-state index is 14.5. The molecule has 6 rings (SSSR count). The Morgan fingerprint density at radius 1 is 1.26 bits per heavy atom. The van der Waals surface area contributed by atoms with E-state index in [9.17, 15) is 9.67 Å². The van der Waals surface area contributed by atoms with E-state index in [0.717, 1.165) is 37.7 Å². The van der Waals surface area contributed by atoms with Crippen LogP contribution < -0.4 is 21.3 Å². The molecule has 13 nitrogen and oxygen atoms in total. The summed E-state index contributed by atoms with van der Waals surface area (Å²) in [5.41, 5.74) is 11.9. The average Bonchev–Trinajstić information content (AvgIpc) is 3.39. The number of fused-ring (bicyclic) bond motifs is 1. The predicted molar refractivity (Wildman–Crippen MR) is 160 cm³/mol. The van der Waals surface area contributed by atoms with E-state index in [4.69, 9.17) is 30.0 Å². The second-order valence-corrected chi connectivity index (χ2v) is 13.7. The molecule has 7 atom stereocenters. The Balaban J connectivity index is 1.26. The fourth-order valence-corrected chi connectivity index (χ4v) is 8.05. The quantitative estimate of drug-likeness (QED) is 0.202. The number of anilines is 1. The second-order valence-electron chi connectivity index (χ2n) is 12.0. The lowest BCUT2D eigenvalue weighted by molar-refractivity contribution is -0.0591. The van der Waals surface area contributed by atoms with Crippen LogP contribution >= 0.6 is 7.75 Å². The van der Waals surface area contributed by atoms with Gasteiger partial charge in [0.25, 0.3) is 0 Å². The van der Waals surface area contributed by atoms with E-state index in [1.807, 2.05) is 37.3 Å². The molecule has 2 aromatic heterocycles. The number of ether oxygens (including phenoxy) is 2. The number of hydrogen-bond acceptors (Lipinski definition) is 11. The number of benzene rings is 1. The van der Waals surface area contributed by atoms with E-state index < -0.39 is 43.4 Å². The van der Waals surface area contributed by atoms with Gasteiger partial charge in [0.05, 0.1) is 24.6 Å². The molecule has 14 heteroatoms. The minimum atomic E-state index is -3.84. The first-order valence-electron chi connectivity index (χ1n) is 15.2. The maximum Gasteiger partial charge on any atom is 0.406 e. The molecule has 3 aromatic rings. The van der Waals surface area contributed by atoms with Gasteiger partial charge in [0.1, 0.15) is 17.8 Å². The van der Waals surface area contributed by atoms with Gasteiger partial charge in [-0.2, -0.15) is 9.97 Å². The van der Waals surface area contributed by atoms with Crippen molar-refractivity contribution in [3.05, 3.63) is 42.2 Å². The molecular formula is C29H42N7O6P. The number of aromatic nitrogens is 4. The largest absolute Gasteiger partial charge is 0.476 e. The fraction of sp³-hybridized carbons (Fsp3) is 0.621. The zero-order chi connectivity index (χ0) is 30.4. The summed E-state index contributed by atoms with van der Waals surface area (Å²) < 4.78 is 40.9. The number of aliphatic hydroxyl groups excluding tert-OH is 1. The third kappa shape index (κ3) is 5.68. The van der Waals surface area contributed by atoms with Crippen molar-refractivity contribution in [2.24, 2.45) is 5.73 Å². The van der Waals surface area contributed by atoms with Crippen LogP contribution in [0, 0.1) is 0 Å². The smallest absolute Gasteiger partial charge is 0.406 e. The Morgan fingerprint density at radius 2 is 2.02 bits per heavy atom. The number of aliphatic hydroxyl groups is 1. The predicted octanol–water partition coefficient (Wildman–Crippen LogP) is 4.14. The van der Waals surface area contributed by atoms with Gasteiger partial charge in [0.15, 0.2) is 17.4 Å². The minimum absolute atomic E-state index is 0.00788. The Morgan fingerprint density at radius 3 is 2.70 bits per heavy atom. The molecule has 0 bridgehead atoms. The van der Waals surface area contributed by atoms with Gasteiger partial charge in [-0.05, 0) is 38.7 Å². The molecule has 3 fully saturated rings. The van der Waals surface area contributed by atoms with Gasteiger partial charge in [-0.15, -0.1) is 0 Å². The maximum absolute atomic E-state index is 14.5. The van der Waals surface area contributed by atoms with Crippen molar-refractivity contribution < 1.29 is 28.2 Å². The number of unbranched alkanes of at least 4 members (excludes halogenated alkanes) is 1. The number of nitrogen functional groups attached to an aromatic ring is 1. The summed E-state index contributed by atoms with van der Waals surface area (Å²) in [6.45, 7) is 6.01. The van der Waals surface area contributed by atoms with Gasteiger partial charge < -0.3 is 26.0 Å². The molecule has 3 heterocycles. The van der Waals surface area contributed by atoms with Crippen LogP contribution in [0.2, 0.25) is 0 Å². The highest BCUT2D eigenvalue weighted by Gasteiger charge is 2.74. The van der Waals surface area contributed by atoms with Gasteiger partial charge in [0.2, 0.25) is 11.8 Å². The van der Waals surface area contributed by atoms with Gasteiger partial charge in [-0.1, -0.05) is 56.5 Å². The molecule has 0 amide bonds. The fourth-order valence-electron chi connectivity index (χ4n) is 6.02. The van der Waals surface area contributed by atoms with Crippen LogP contribution in [-0.4, -0.2) is 60.6 Å². The third-order valence-electron chi connectivity index (χ3n) is 8.71. The van der Waals surface area contributed by atoms with Crippen molar-refractivity contribution in [3.63, 3.8) is 0 Å². The average molecular weight is 616 g/mol. The lowest BCUT2D eigenvalue weighted by Crippen LogP contribution is -2.52. The summed E-state index contributed by atoms with van der Waals surface area (Å²) in [6.07, 6.45) is 4.04. The standard InChI is InChI=1S/C29H42N7O6P/c1-4-6-15-20(18-11-8-7-9-12-18)41-43(38,35-19-13-10-14-19)42-21-16-29(21)25(37)28(3,31)26(40-29)36-17-32-22-23(36)33-27(30)34-24(22)39-5-2/h7-9,11-12,17,19-21,25-26,37H,4-6,10,13-16,31H2,1-3H3,(H,35,38)(H2,30,33,34)/t20?,21-,25+,26-,28-,29?,43?/m1/s1. The first-order valence-corrected chi connectivity index (χ1v) is 16.7. The highest BCUT2D eigenvalue weighted by Crippen LogP contribution is 2.63. The number of nitrogens with zero attached hydrogens (tertiary/aromatic N) is 4. The van der Waals surface area contributed by atoms with E-state index in [0.29, 0.717) is 24.2 Å². The van der Waals surface area contributed by atoms with Crippen LogP contribution in [-0.2, 0) is 18.3 Å². The van der Waals surface area contributed by atoms with Crippen molar-refractivity contribution in [2.75, 3.05) is 12.3 Å². The Labute approximate surface area is 251 Å². The van der Waals surface area contributed by atoms with Crippen LogP contribution in [0.3, 0.4) is 0 Å². The van der Waals surface area contributed by atoms with Crippen LogP contribution in [0.5, 0.6) is 5.88 Å².